The van der Waals surface area contributed by atoms with Gasteiger partial charge in [-0.15, -0.1) is 0 Å². The van der Waals surface area contributed by atoms with E-state index in [4.69, 9.17) is 0 Å². The smallest absolute Gasteiger partial charge is 0.356 e. The number of fused-ring (bicyclic) bond motifs is 1. The van der Waals surface area contributed by atoms with E-state index in [-0.39, 0.29) is 5.69 Å². The quantitative estimate of drug-likeness (QED) is 0.909. The SMILES string of the molecule is CC1CN(c2nc3ccccn3c2C(=O)O)CCS1. The minimum atomic E-state index is -0.931. The molecule has 19 heavy (non-hydrogen) atoms. The highest BCUT2D eigenvalue weighted by molar-refractivity contribution is 8.00. The molecule has 3 heterocycles. The first kappa shape index (κ1) is 12.3. The maximum atomic E-state index is 11.5. The van der Waals surface area contributed by atoms with E-state index in [0.29, 0.717) is 16.7 Å². The molecule has 0 saturated carbocycles. The molecule has 0 spiro atoms. The summed E-state index contributed by atoms with van der Waals surface area (Å²) in [6.45, 7) is 3.85. The summed E-state index contributed by atoms with van der Waals surface area (Å²) in [7, 11) is 0. The molecule has 2 aromatic heterocycles. The van der Waals surface area contributed by atoms with Crippen LogP contribution >= 0.6 is 11.8 Å². The number of pyridine rings is 1. The van der Waals surface area contributed by atoms with Crippen molar-refractivity contribution in [2.75, 3.05) is 23.7 Å². The molecule has 5 nitrogen and oxygen atoms in total. The minimum absolute atomic E-state index is 0.259. The van der Waals surface area contributed by atoms with E-state index >= 15 is 0 Å². The second kappa shape index (κ2) is 4.77. The van der Waals surface area contributed by atoms with Crippen LogP contribution in [0.1, 0.15) is 17.4 Å². The highest BCUT2D eigenvalue weighted by Crippen LogP contribution is 2.27. The van der Waals surface area contributed by atoms with Gasteiger partial charge in [-0.25, -0.2) is 9.78 Å². The van der Waals surface area contributed by atoms with Gasteiger partial charge in [-0.05, 0) is 12.1 Å². The van der Waals surface area contributed by atoms with Crippen LogP contribution in [0.25, 0.3) is 5.65 Å². The molecule has 1 saturated heterocycles. The van der Waals surface area contributed by atoms with Crippen molar-refractivity contribution >= 4 is 29.2 Å². The Hall–Kier alpha value is -1.69. The normalized spacial score (nSPS) is 19.8. The van der Waals surface area contributed by atoms with Crippen LogP contribution in [-0.2, 0) is 0 Å². The van der Waals surface area contributed by atoms with E-state index in [1.165, 1.54) is 0 Å². The van der Waals surface area contributed by atoms with Gasteiger partial charge in [-0.3, -0.25) is 4.40 Å². The molecule has 1 aliphatic rings. The molecular formula is C13H15N3O2S. The third-order valence-corrected chi connectivity index (χ3v) is 4.39. The molecule has 6 heteroatoms. The molecule has 0 aliphatic carbocycles. The number of aromatic carboxylic acids is 1. The number of thioether (sulfide) groups is 1. The van der Waals surface area contributed by atoms with Crippen molar-refractivity contribution in [1.82, 2.24) is 9.38 Å². The van der Waals surface area contributed by atoms with E-state index < -0.39 is 5.97 Å². The first-order chi connectivity index (χ1) is 9.16. The molecule has 100 valence electrons. The zero-order chi connectivity index (χ0) is 13.4. The zero-order valence-corrected chi connectivity index (χ0v) is 11.4. The summed E-state index contributed by atoms with van der Waals surface area (Å²) in [5, 5.41) is 9.96. The van der Waals surface area contributed by atoms with Crippen LogP contribution in [0.5, 0.6) is 0 Å². The van der Waals surface area contributed by atoms with E-state index in [1.54, 1.807) is 10.6 Å². The van der Waals surface area contributed by atoms with Crippen LogP contribution in [0.3, 0.4) is 0 Å². The molecule has 1 unspecified atom stereocenters. The fourth-order valence-electron chi connectivity index (χ4n) is 2.41. The highest BCUT2D eigenvalue weighted by Gasteiger charge is 2.26. The van der Waals surface area contributed by atoms with Crippen molar-refractivity contribution in [2.45, 2.75) is 12.2 Å². The Balaban J connectivity index is 2.11. The standard InChI is InChI=1S/C13H15N3O2S/c1-9-8-15(6-7-19-9)12-11(13(17)18)16-5-3-2-4-10(16)14-12/h2-5,9H,6-8H2,1H3,(H,17,18). The van der Waals surface area contributed by atoms with Crippen LogP contribution in [0.4, 0.5) is 5.82 Å². The van der Waals surface area contributed by atoms with Gasteiger partial charge in [-0.1, -0.05) is 13.0 Å². The monoisotopic (exact) mass is 277 g/mol. The second-order valence-corrected chi connectivity index (χ2v) is 6.19. The molecule has 0 bridgehead atoms. The molecule has 0 amide bonds. The van der Waals surface area contributed by atoms with Crippen molar-refractivity contribution in [1.29, 1.82) is 0 Å². The zero-order valence-electron chi connectivity index (χ0n) is 10.6. The van der Waals surface area contributed by atoms with Gasteiger partial charge in [0.25, 0.3) is 0 Å². The number of carboxylic acids is 1. The van der Waals surface area contributed by atoms with Gasteiger partial charge in [0, 0.05) is 30.3 Å². The van der Waals surface area contributed by atoms with Gasteiger partial charge in [0.15, 0.2) is 11.5 Å². The van der Waals surface area contributed by atoms with E-state index in [0.717, 1.165) is 18.8 Å². The molecule has 1 fully saturated rings. The Kier molecular flexibility index (Phi) is 3.10. The summed E-state index contributed by atoms with van der Waals surface area (Å²) >= 11 is 1.91. The number of carbonyl (C=O) groups is 1. The number of carboxylic acid groups (broad SMARTS) is 1. The van der Waals surface area contributed by atoms with Crippen LogP contribution < -0.4 is 4.90 Å². The van der Waals surface area contributed by atoms with Crippen molar-refractivity contribution in [3.05, 3.63) is 30.1 Å². The summed E-state index contributed by atoms with van der Waals surface area (Å²) in [5.74, 6) is 0.666. The molecular weight excluding hydrogens is 262 g/mol. The molecule has 3 rings (SSSR count). The number of nitrogens with zero attached hydrogens (tertiary/aromatic N) is 3. The van der Waals surface area contributed by atoms with Gasteiger partial charge in [-0.2, -0.15) is 11.8 Å². The lowest BCUT2D eigenvalue weighted by molar-refractivity contribution is 0.0690. The van der Waals surface area contributed by atoms with Crippen LogP contribution in [0.15, 0.2) is 24.4 Å². The largest absolute Gasteiger partial charge is 0.476 e. The topological polar surface area (TPSA) is 57.8 Å². The van der Waals surface area contributed by atoms with Crippen LogP contribution in [0.2, 0.25) is 0 Å². The minimum Gasteiger partial charge on any atom is -0.476 e. The lowest BCUT2D eigenvalue weighted by atomic mass is 10.3. The molecule has 1 N–H and O–H groups in total. The summed E-state index contributed by atoms with van der Waals surface area (Å²) in [6, 6.07) is 5.52. The van der Waals surface area contributed by atoms with Crippen molar-refractivity contribution in [3.63, 3.8) is 0 Å². The van der Waals surface area contributed by atoms with E-state index in [2.05, 4.69) is 16.8 Å². The first-order valence-corrected chi connectivity index (χ1v) is 7.28. The van der Waals surface area contributed by atoms with Crippen molar-refractivity contribution < 1.29 is 9.90 Å². The summed E-state index contributed by atoms with van der Waals surface area (Å²) < 4.78 is 1.64. The lowest BCUT2D eigenvalue weighted by Crippen LogP contribution is -2.37. The van der Waals surface area contributed by atoms with Crippen LogP contribution in [-0.4, -0.2) is 44.6 Å². The van der Waals surface area contributed by atoms with Gasteiger partial charge >= 0.3 is 5.97 Å². The number of rotatable bonds is 2. The summed E-state index contributed by atoms with van der Waals surface area (Å²) in [5.41, 5.74) is 0.940. The number of imidazole rings is 1. The summed E-state index contributed by atoms with van der Waals surface area (Å²) in [6.07, 6.45) is 1.75. The Bertz CT molecular complexity index is 625. The Morgan fingerprint density at radius 1 is 1.53 bits per heavy atom. The number of hydrogen-bond acceptors (Lipinski definition) is 4. The molecule has 0 radical (unpaired) electrons. The summed E-state index contributed by atoms with van der Waals surface area (Å²) in [4.78, 5) is 18.1. The lowest BCUT2D eigenvalue weighted by Gasteiger charge is -2.30. The Labute approximate surface area is 115 Å². The average molecular weight is 277 g/mol. The predicted octanol–water partition coefficient (Wildman–Crippen LogP) is 1.97. The van der Waals surface area contributed by atoms with Crippen LogP contribution in [0, 0.1) is 0 Å². The predicted molar refractivity (Wildman–Crippen MR) is 76.3 cm³/mol. The molecule has 1 aliphatic heterocycles. The Morgan fingerprint density at radius 3 is 3.11 bits per heavy atom. The molecule has 1 atom stereocenters. The van der Waals surface area contributed by atoms with Gasteiger partial charge < -0.3 is 10.0 Å². The van der Waals surface area contributed by atoms with Gasteiger partial charge in [0.05, 0.1) is 0 Å². The highest BCUT2D eigenvalue weighted by atomic mass is 32.2. The van der Waals surface area contributed by atoms with E-state index in [1.807, 2.05) is 30.0 Å². The first-order valence-electron chi connectivity index (χ1n) is 6.24. The fraction of sp³-hybridized carbons (Fsp3) is 0.385. The number of aromatic nitrogens is 2. The third kappa shape index (κ3) is 2.16. The maximum absolute atomic E-state index is 11.5. The number of anilines is 1. The Morgan fingerprint density at radius 2 is 2.37 bits per heavy atom. The number of hydrogen-bond donors (Lipinski definition) is 1. The van der Waals surface area contributed by atoms with Crippen molar-refractivity contribution in [2.24, 2.45) is 0 Å². The van der Waals surface area contributed by atoms with Gasteiger partial charge in [0.2, 0.25) is 0 Å². The fourth-order valence-corrected chi connectivity index (χ4v) is 3.43. The molecule has 0 aromatic carbocycles. The molecule has 2 aromatic rings. The average Bonchev–Trinajstić information content (AvgIpc) is 2.78. The van der Waals surface area contributed by atoms with Gasteiger partial charge in [0.1, 0.15) is 5.65 Å². The third-order valence-electron chi connectivity index (χ3n) is 3.25. The van der Waals surface area contributed by atoms with Crippen molar-refractivity contribution in [3.8, 4) is 0 Å². The maximum Gasteiger partial charge on any atom is 0.356 e. The van der Waals surface area contributed by atoms with E-state index in [9.17, 15) is 9.90 Å². The second-order valence-electron chi connectivity index (χ2n) is 4.65.